The summed E-state index contributed by atoms with van der Waals surface area (Å²) >= 11 is 0. The molecule has 2 fully saturated rings. The number of sulfonamides is 1. The smallest absolute Gasteiger partial charge is 0.339 e. The van der Waals surface area contributed by atoms with Gasteiger partial charge in [0.2, 0.25) is 5.91 Å². The normalized spacial score (nSPS) is 22.1. The van der Waals surface area contributed by atoms with Crippen molar-refractivity contribution in [1.82, 2.24) is 4.90 Å². The number of fused-ring (bicyclic) bond motifs is 2. The molecule has 1 saturated heterocycles. The number of anilines is 1. The van der Waals surface area contributed by atoms with E-state index in [4.69, 9.17) is 4.74 Å². The van der Waals surface area contributed by atoms with E-state index in [9.17, 15) is 18.0 Å². The summed E-state index contributed by atoms with van der Waals surface area (Å²) in [6, 6.07) is 22.6. The van der Waals surface area contributed by atoms with Crippen molar-refractivity contribution >= 4 is 27.6 Å². The number of benzene rings is 3. The van der Waals surface area contributed by atoms with Gasteiger partial charge in [-0.1, -0.05) is 48.5 Å². The summed E-state index contributed by atoms with van der Waals surface area (Å²) in [6.07, 6.45) is 2.05. The molecule has 35 heavy (non-hydrogen) atoms. The van der Waals surface area contributed by atoms with Crippen molar-refractivity contribution < 1.29 is 22.7 Å². The van der Waals surface area contributed by atoms with Gasteiger partial charge in [-0.15, -0.1) is 0 Å². The molecule has 1 atom stereocenters. The highest BCUT2D eigenvalue weighted by atomic mass is 32.2. The largest absolute Gasteiger partial charge is 0.449 e. The third-order valence-corrected chi connectivity index (χ3v) is 8.74. The van der Waals surface area contributed by atoms with Gasteiger partial charge in [0.25, 0.3) is 10.0 Å². The molecule has 7 nitrogen and oxygen atoms in total. The molecule has 3 aromatic rings. The van der Waals surface area contributed by atoms with Crippen LogP contribution in [-0.4, -0.2) is 38.3 Å². The van der Waals surface area contributed by atoms with E-state index in [0.29, 0.717) is 30.8 Å². The van der Waals surface area contributed by atoms with Gasteiger partial charge in [-0.2, -0.15) is 0 Å². The van der Waals surface area contributed by atoms with Gasteiger partial charge in [0.15, 0.2) is 5.60 Å². The van der Waals surface area contributed by atoms with Crippen LogP contribution in [0.3, 0.4) is 0 Å². The zero-order valence-electron chi connectivity index (χ0n) is 18.9. The summed E-state index contributed by atoms with van der Waals surface area (Å²) in [4.78, 5) is 28.0. The number of esters is 1. The van der Waals surface area contributed by atoms with Crippen LogP contribution in [0.2, 0.25) is 0 Å². The number of hydrogen-bond acceptors (Lipinski definition) is 5. The standard InChI is InChI=1S/C27H24N2O5S/c30-24-22-8-4-5-9-23(22)27(34-24)16-17-29(18-27)25(31)26(14-15-26)19-10-12-20(13-11-19)28-35(32,33)21-6-2-1-3-7-21/h1-13,28H,14-18H2/t27-/m0/s1. The molecule has 3 aromatic carbocycles. The fourth-order valence-electron chi connectivity index (χ4n) is 5.33. The molecule has 3 aliphatic rings. The number of amides is 1. The van der Waals surface area contributed by atoms with Crippen molar-refractivity contribution in [2.45, 2.75) is 35.2 Å². The molecule has 1 N–H and O–H groups in total. The summed E-state index contributed by atoms with van der Waals surface area (Å²) in [5, 5.41) is 0. The Labute approximate surface area is 203 Å². The van der Waals surface area contributed by atoms with Crippen molar-refractivity contribution in [3.8, 4) is 0 Å². The summed E-state index contributed by atoms with van der Waals surface area (Å²) in [6.45, 7) is 0.877. The molecule has 0 bridgehead atoms. The van der Waals surface area contributed by atoms with Crippen LogP contribution < -0.4 is 4.72 Å². The number of nitrogens with zero attached hydrogens (tertiary/aromatic N) is 1. The minimum atomic E-state index is -3.68. The van der Waals surface area contributed by atoms with E-state index in [1.165, 1.54) is 12.1 Å². The summed E-state index contributed by atoms with van der Waals surface area (Å²) < 4.78 is 33.6. The van der Waals surface area contributed by atoms with E-state index in [1.54, 1.807) is 36.4 Å². The Morgan fingerprint density at radius 1 is 0.886 bits per heavy atom. The Balaban J connectivity index is 1.19. The molecule has 0 unspecified atom stereocenters. The van der Waals surface area contributed by atoms with E-state index in [1.807, 2.05) is 35.2 Å². The van der Waals surface area contributed by atoms with Crippen molar-refractivity contribution in [3.63, 3.8) is 0 Å². The van der Waals surface area contributed by atoms with Crippen LogP contribution in [0.1, 0.15) is 40.7 Å². The first-order valence-corrected chi connectivity index (χ1v) is 13.1. The lowest BCUT2D eigenvalue weighted by molar-refractivity contribution is -0.134. The van der Waals surface area contributed by atoms with Crippen molar-refractivity contribution in [2.75, 3.05) is 17.8 Å². The maximum Gasteiger partial charge on any atom is 0.339 e. The van der Waals surface area contributed by atoms with E-state index >= 15 is 0 Å². The predicted molar refractivity (Wildman–Crippen MR) is 129 cm³/mol. The van der Waals surface area contributed by atoms with Crippen LogP contribution in [0.15, 0.2) is 83.8 Å². The molecule has 1 saturated carbocycles. The second kappa shape index (κ2) is 7.68. The molecule has 6 rings (SSSR count). The predicted octanol–water partition coefficient (Wildman–Crippen LogP) is 3.82. The number of likely N-dealkylation sites (tertiary alicyclic amines) is 1. The lowest BCUT2D eigenvalue weighted by Gasteiger charge is -2.27. The Morgan fingerprint density at radius 2 is 1.57 bits per heavy atom. The lowest BCUT2D eigenvalue weighted by atomic mass is 9.91. The molecule has 8 heteroatoms. The van der Waals surface area contributed by atoms with Crippen molar-refractivity contribution in [2.24, 2.45) is 0 Å². The van der Waals surface area contributed by atoms with Crippen LogP contribution in [0.5, 0.6) is 0 Å². The maximum atomic E-state index is 13.6. The van der Waals surface area contributed by atoms with Crippen molar-refractivity contribution in [1.29, 1.82) is 0 Å². The number of carbonyl (C=O) groups excluding carboxylic acids is 2. The second-order valence-corrected chi connectivity index (χ2v) is 11.2. The van der Waals surface area contributed by atoms with Gasteiger partial charge in [0.1, 0.15) is 0 Å². The van der Waals surface area contributed by atoms with Gasteiger partial charge in [-0.25, -0.2) is 13.2 Å². The lowest BCUT2D eigenvalue weighted by Crippen LogP contribution is -2.40. The molecular formula is C27H24N2O5S. The van der Waals surface area contributed by atoms with Crippen LogP contribution >= 0.6 is 0 Å². The third kappa shape index (κ3) is 3.51. The quantitative estimate of drug-likeness (QED) is 0.552. The molecule has 1 spiro atoms. The maximum absolute atomic E-state index is 13.6. The Morgan fingerprint density at radius 3 is 2.29 bits per heavy atom. The van der Waals surface area contributed by atoms with Gasteiger partial charge in [-0.05, 0) is 48.7 Å². The Bertz CT molecular complexity index is 1430. The number of hydrogen-bond donors (Lipinski definition) is 1. The zero-order valence-corrected chi connectivity index (χ0v) is 19.8. The average Bonchev–Trinajstić information content (AvgIpc) is 3.50. The van der Waals surface area contributed by atoms with Crippen LogP contribution in [0, 0.1) is 0 Å². The second-order valence-electron chi connectivity index (χ2n) is 9.48. The molecule has 0 aromatic heterocycles. The Kier molecular flexibility index (Phi) is 4.79. The fourth-order valence-corrected chi connectivity index (χ4v) is 6.41. The first-order valence-electron chi connectivity index (χ1n) is 11.6. The highest BCUT2D eigenvalue weighted by Gasteiger charge is 2.57. The minimum Gasteiger partial charge on any atom is -0.449 e. The topological polar surface area (TPSA) is 92.8 Å². The van der Waals surface area contributed by atoms with E-state index in [-0.39, 0.29) is 16.8 Å². The summed E-state index contributed by atoms with van der Waals surface area (Å²) in [5.41, 5.74) is 1.38. The summed E-state index contributed by atoms with van der Waals surface area (Å²) in [5.74, 6) is -0.294. The number of rotatable bonds is 5. The van der Waals surface area contributed by atoms with Crippen LogP contribution in [0.4, 0.5) is 5.69 Å². The third-order valence-electron chi connectivity index (χ3n) is 7.35. The van der Waals surface area contributed by atoms with Gasteiger partial charge >= 0.3 is 5.97 Å². The monoisotopic (exact) mass is 488 g/mol. The molecular weight excluding hydrogens is 464 g/mol. The molecule has 1 amide bonds. The SMILES string of the molecule is O=C1O[C@]2(CCN(C(=O)C3(c4ccc(NS(=O)(=O)c5ccccc5)cc4)CC3)C2)c2ccccc21. The number of ether oxygens (including phenoxy) is 1. The molecule has 2 aliphatic heterocycles. The van der Waals surface area contributed by atoms with E-state index < -0.39 is 21.0 Å². The number of carbonyl (C=O) groups is 2. The van der Waals surface area contributed by atoms with Crippen LogP contribution in [-0.2, 0) is 30.6 Å². The minimum absolute atomic E-state index is 0.0346. The molecule has 2 heterocycles. The van der Waals surface area contributed by atoms with Gasteiger partial charge in [0.05, 0.1) is 22.4 Å². The van der Waals surface area contributed by atoms with Crippen molar-refractivity contribution in [3.05, 3.63) is 95.6 Å². The Hall–Kier alpha value is -3.65. The average molecular weight is 489 g/mol. The van der Waals surface area contributed by atoms with E-state index in [2.05, 4.69) is 4.72 Å². The first-order chi connectivity index (χ1) is 16.8. The highest BCUT2D eigenvalue weighted by Crippen LogP contribution is 2.52. The molecule has 0 radical (unpaired) electrons. The van der Waals surface area contributed by atoms with Gasteiger partial charge in [-0.3, -0.25) is 9.52 Å². The van der Waals surface area contributed by atoms with Gasteiger partial charge < -0.3 is 9.64 Å². The molecule has 178 valence electrons. The zero-order chi connectivity index (χ0) is 24.3. The number of nitrogens with one attached hydrogen (secondary N) is 1. The fraction of sp³-hybridized carbons (Fsp3) is 0.259. The van der Waals surface area contributed by atoms with Gasteiger partial charge in [0, 0.05) is 24.2 Å². The van der Waals surface area contributed by atoms with Crippen LogP contribution in [0.25, 0.3) is 0 Å². The first kappa shape index (κ1) is 21.9. The van der Waals surface area contributed by atoms with E-state index in [0.717, 1.165) is 24.0 Å². The highest BCUT2D eigenvalue weighted by molar-refractivity contribution is 7.92. The molecule has 1 aliphatic carbocycles. The summed E-state index contributed by atoms with van der Waals surface area (Å²) in [7, 11) is -3.68.